The van der Waals surface area contributed by atoms with E-state index in [1.807, 2.05) is 0 Å². The molecule has 148 valence electrons. The number of carbonyl (C=O) groups excluding carboxylic acids is 1. The summed E-state index contributed by atoms with van der Waals surface area (Å²) in [5.41, 5.74) is 0.819. The SMILES string of the molecule is Cc1ccc([N+](=O)[O-])c(C)c1COC(=O)[C@@H]1[C@@H](C=C(Cl)C(F)(F)F)C1(C)C. The van der Waals surface area contributed by atoms with E-state index >= 15 is 0 Å². The molecule has 0 saturated heterocycles. The molecule has 0 heterocycles. The molecule has 1 aromatic rings. The van der Waals surface area contributed by atoms with Crippen LogP contribution in [0.3, 0.4) is 0 Å². The second-order valence-corrected chi connectivity index (χ2v) is 7.61. The number of nitrogens with zero attached hydrogens (tertiary/aromatic N) is 1. The lowest BCUT2D eigenvalue weighted by atomic mass is 10.0. The third-order valence-electron chi connectivity index (χ3n) is 5.12. The van der Waals surface area contributed by atoms with Gasteiger partial charge < -0.3 is 4.74 Å². The zero-order valence-electron chi connectivity index (χ0n) is 15.2. The number of hydrogen-bond acceptors (Lipinski definition) is 4. The number of hydrogen-bond donors (Lipinski definition) is 0. The predicted octanol–water partition coefficient (Wildman–Crippen LogP) is 5.21. The van der Waals surface area contributed by atoms with E-state index in [2.05, 4.69) is 0 Å². The third kappa shape index (κ3) is 4.26. The van der Waals surface area contributed by atoms with E-state index in [9.17, 15) is 28.1 Å². The van der Waals surface area contributed by atoms with Crippen molar-refractivity contribution < 1.29 is 27.6 Å². The number of nitro groups is 1. The smallest absolute Gasteiger partial charge is 0.426 e. The van der Waals surface area contributed by atoms with Gasteiger partial charge in [0.05, 0.1) is 10.8 Å². The maximum Gasteiger partial charge on any atom is 0.426 e. The van der Waals surface area contributed by atoms with E-state index in [1.54, 1.807) is 33.8 Å². The molecule has 0 bridgehead atoms. The van der Waals surface area contributed by atoms with Crippen LogP contribution >= 0.6 is 11.6 Å². The van der Waals surface area contributed by atoms with Crippen molar-refractivity contribution in [2.75, 3.05) is 0 Å². The number of esters is 1. The Kier molecular flexibility index (Phi) is 5.61. The number of alkyl halides is 3. The number of carbonyl (C=O) groups is 1. The number of aryl methyl sites for hydroxylation is 1. The Balaban J connectivity index is 2.14. The maximum atomic E-state index is 12.6. The van der Waals surface area contributed by atoms with Crippen molar-refractivity contribution in [2.24, 2.45) is 17.3 Å². The second-order valence-electron chi connectivity index (χ2n) is 7.21. The van der Waals surface area contributed by atoms with Crippen LogP contribution in [0.25, 0.3) is 0 Å². The fourth-order valence-electron chi connectivity index (χ4n) is 3.22. The molecule has 1 aliphatic rings. The number of rotatable bonds is 5. The standard InChI is InChI=1S/C18H19ClF3NO4/c1-9-5-6-13(23(25)26)10(2)11(9)8-27-16(24)15-12(17(15,3)4)7-14(19)18(20,21)22/h5-7,12,15H,8H2,1-4H3/t12-,15+/m1/s1. The topological polar surface area (TPSA) is 69.4 Å². The maximum absolute atomic E-state index is 12.6. The molecule has 0 spiro atoms. The highest BCUT2D eigenvalue weighted by Crippen LogP contribution is 2.60. The molecule has 0 aromatic heterocycles. The van der Waals surface area contributed by atoms with Crippen molar-refractivity contribution in [3.8, 4) is 0 Å². The largest absolute Gasteiger partial charge is 0.461 e. The van der Waals surface area contributed by atoms with Crippen LogP contribution in [0.1, 0.15) is 30.5 Å². The molecule has 9 heteroatoms. The van der Waals surface area contributed by atoms with Crippen molar-refractivity contribution >= 4 is 23.3 Å². The number of allylic oxidation sites excluding steroid dienone is 2. The first-order valence-corrected chi connectivity index (χ1v) is 8.51. The van der Waals surface area contributed by atoms with Gasteiger partial charge in [-0.2, -0.15) is 13.2 Å². The van der Waals surface area contributed by atoms with E-state index in [0.29, 0.717) is 11.1 Å². The molecule has 5 nitrogen and oxygen atoms in total. The average molecular weight is 406 g/mol. The number of nitro benzene ring substituents is 1. The number of benzene rings is 1. The highest BCUT2D eigenvalue weighted by molar-refractivity contribution is 6.30. The van der Waals surface area contributed by atoms with Crippen LogP contribution in [0.15, 0.2) is 23.2 Å². The molecule has 0 N–H and O–H groups in total. The third-order valence-corrected chi connectivity index (χ3v) is 5.46. The van der Waals surface area contributed by atoms with Gasteiger partial charge >= 0.3 is 12.1 Å². The van der Waals surface area contributed by atoms with E-state index < -0.39 is 39.4 Å². The minimum Gasteiger partial charge on any atom is -0.461 e. The summed E-state index contributed by atoms with van der Waals surface area (Å²) in [6, 6.07) is 2.93. The van der Waals surface area contributed by atoms with Gasteiger partial charge in [0.2, 0.25) is 0 Å². The monoisotopic (exact) mass is 405 g/mol. The first-order chi connectivity index (χ1) is 12.3. The lowest BCUT2D eigenvalue weighted by molar-refractivity contribution is -0.385. The Bertz CT molecular complexity index is 818. The molecule has 0 aliphatic heterocycles. The summed E-state index contributed by atoms with van der Waals surface area (Å²) in [6.45, 7) is 6.42. The van der Waals surface area contributed by atoms with Crippen LogP contribution in [0.5, 0.6) is 0 Å². The van der Waals surface area contributed by atoms with Gasteiger partial charge in [-0.3, -0.25) is 14.9 Å². The summed E-state index contributed by atoms with van der Waals surface area (Å²) >= 11 is 5.27. The zero-order valence-corrected chi connectivity index (χ0v) is 15.9. The van der Waals surface area contributed by atoms with Crippen LogP contribution in [0, 0.1) is 41.2 Å². The fraction of sp³-hybridized carbons (Fsp3) is 0.500. The van der Waals surface area contributed by atoms with Gasteiger partial charge in [0.25, 0.3) is 5.69 Å². The lowest BCUT2D eigenvalue weighted by Crippen LogP contribution is -2.12. The van der Waals surface area contributed by atoms with Crippen LogP contribution in [0.2, 0.25) is 0 Å². The quantitative estimate of drug-likeness (QED) is 0.383. The van der Waals surface area contributed by atoms with Crippen molar-refractivity contribution in [2.45, 2.75) is 40.5 Å². The highest BCUT2D eigenvalue weighted by Gasteiger charge is 2.62. The molecule has 1 aliphatic carbocycles. The summed E-state index contributed by atoms with van der Waals surface area (Å²) in [5, 5.41) is 9.78. The Hall–Kier alpha value is -2.09. The Morgan fingerprint density at radius 2 is 1.96 bits per heavy atom. The summed E-state index contributed by atoms with van der Waals surface area (Å²) in [7, 11) is 0. The van der Waals surface area contributed by atoms with Crippen LogP contribution in [-0.4, -0.2) is 17.1 Å². The van der Waals surface area contributed by atoms with Crippen LogP contribution in [0.4, 0.5) is 18.9 Å². The lowest BCUT2D eigenvalue weighted by Gasteiger charge is -2.11. The summed E-state index contributed by atoms with van der Waals surface area (Å²) in [5.74, 6) is -2.10. The molecule has 1 saturated carbocycles. The molecule has 0 radical (unpaired) electrons. The first kappa shape index (κ1) is 21.2. The molecule has 1 fully saturated rings. The predicted molar refractivity (Wildman–Crippen MR) is 93.1 cm³/mol. The summed E-state index contributed by atoms with van der Waals surface area (Å²) < 4.78 is 43.1. The fourth-order valence-corrected chi connectivity index (χ4v) is 3.36. The Morgan fingerprint density at radius 1 is 1.37 bits per heavy atom. The molecule has 2 rings (SSSR count). The average Bonchev–Trinajstić information content (AvgIpc) is 3.06. The molecule has 0 amide bonds. The molecular weight excluding hydrogens is 387 g/mol. The molecule has 1 aromatic carbocycles. The van der Waals surface area contributed by atoms with Crippen molar-refractivity contribution in [1.82, 2.24) is 0 Å². The van der Waals surface area contributed by atoms with Gasteiger partial charge in [0.1, 0.15) is 11.6 Å². The van der Waals surface area contributed by atoms with Crippen LogP contribution in [-0.2, 0) is 16.1 Å². The zero-order chi connectivity index (χ0) is 20.7. The highest BCUT2D eigenvalue weighted by atomic mass is 35.5. The van der Waals surface area contributed by atoms with E-state index in [-0.39, 0.29) is 12.3 Å². The normalized spacial score (nSPS) is 21.7. The van der Waals surface area contributed by atoms with Crippen LogP contribution < -0.4 is 0 Å². The minimum atomic E-state index is -4.66. The minimum absolute atomic E-state index is 0.0869. The van der Waals surface area contributed by atoms with Gasteiger partial charge in [-0.15, -0.1) is 0 Å². The van der Waals surface area contributed by atoms with Gasteiger partial charge in [-0.25, -0.2) is 0 Å². The molecule has 0 unspecified atom stereocenters. The summed E-state index contributed by atoms with van der Waals surface area (Å²) in [6.07, 6.45) is -3.82. The van der Waals surface area contributed by atoms with Crippen molar-refractivity contribution in [1.29, 1.82) is 0 Å². The van der Waals surface area contributed by atoms with E-state index in [1.165, 1.54) is 6.07 Å². The molecular formula is C18H19ClF3NO4. The van der Waals surface area contributed by atoms with Gasteiger partial charge in [-0.1, -0.05) is 37.6 Å². The van der Waals surface area contributed by atoms with E-state index in [4.69, 9.17) is 16.3 Å². The number of ether oxygens (including phenoxy) is 1. The second kappa shape index (κ2) is 7.14. The van der Waals surface area contributed by atoms with Crippen molar-refractivity contribution in [3.05, 3.63) is 50.0 Å². The number of halogens is 4. The van der Waals surface area contributed by atoms with Gasteiger partial charge in [0.15, 0.2) is 0 Å². The Labute approximate surface area is 159 Å². The first-order valence-electron chi connectivity index (χ1n) is 8.13. The molecule has 2 atom stereocenters. The molecule has 27 heavy (non-hydrogen) atoms. The van der Waals surface area contributed by atoms with Gasteiger partial charge in [-0.05, 0) is 30.7 Å². The van der Waals surface area contributed by atoms with E-state index in [0.717, 1.165) is 11.6 Å². The van der Waals surface area contributed by atoms with Crippen molar-refractivity contribution in [3.63, 3.8) is 0 Å². The summed E-state index contributed by atoms with van der Waals surface area (Å²) in [4.78, 5) is 22.9. The van der Waals surface area contributed by atoms with Gasteiger partial charge in [0, 0.05) is 17.2 Å². The Morgan fingerprint density at radius 3 is 2.48 bits per heavy atom.